The molecule has 0 aromatic rings. The van der Waals surface area contributed by atoms with E-state index in [4.69, 9.17) is 4.74 Å². The van der Waals surface area contributed by atoms with E-state index < -0.39 is 12.2 Å². The van der Waals surface area contributed by atoms with Gasteiger partial charge in [-0.15, -0.1) is 0 Å². The number of carbonyl (C=O) groups excluding carboxylic acids is 2. The molecular weight excluding hydrogens is 480 g/mol. The van der Waals surface area contributed by atoms with Gasteiger partial charge in [0.2, 0.25) is 0 Å². The molecule has 0 aromatic heterocycles. The molecule has 6 nitrogen and oxygen atoms in total. The molecule has 12 unspecified atom stereocenters. The molecule has 4 aliphatic carbocycles. The second-order valence-corrected chi connectivity index (χ2v) is 13.8. The zero-order valence-corrected chi connectivity index (χ0v) is 24.5. The summed E-state index contributed by atoms with van der Waals surface area (Å²) in [5.41, 5.74) is 0.384. The lowest BCUT2D eigenvalue weighted by atomic mass is 9.45. The second kappa shape index (κ2) is 11.3. The third-order valence-electron chi connectivity index (χ3n) is 11.8. The molecule has 0 saturated heterocycles. The van der Waals surface area contributed by atoms with Crippen molar-refractivity contribution < 1.29 is 29.6 Å². The summed E-state index contributed by atoms with van der Waals surface area (Å²) in [7, 11) is 0. The smallest absolute Gasteiger partial charge is 0.305 e. The Labute approximate surface area is 229 Å². The summed E-state index contributed by atoms with van der Waals surface area (Å²) in [4.78, 5) is 25.7. The highest BCUT2D eigenvalue weighted by Crippen LogP contribution is 2.66. The van der Waals surface area contributed by atoms with Crippen LogP contribution in [0.3, 0.4) is 0 Å². The fourth-order valence-electron chi connectivity index (χ4n) is 9.56. The van der Waals surface area contributed by atoms with Gasteiger partial charge in [-0.25, -0.2) is 0 Å². The third-order valence-corrected chi connectivity index (χ3v) is 11.8. The first-order valence-electron chi connectivity index (χ1n) is 15.3. The maximum absolute atomic E-state index is 13.8. The standard InChI is InChI=1S/C32H52O6/c1-7-20(19(4)17-33)10-9-18(3)23-15-25(35)29-28-24(34)14-21-13-22(38-27(37)8-2)11-12-31(21,5)30(28)26(36)16-32(23,29)6/h14,18-20,22-23,25-26,28-30,33,35-36H,7-13,15-17H2,1-6H3. The number of rotatable bonds is 9. The van der Waals surface area contributed by atoms with E-state index in [2.05, 4.69) is 34.6 Å². The Morgan fingerprint density at radius 1 is 1.13 bits per heavy atom. The molecule has 0 spiro atoms. The highest BCUT2D eigenvalue weighted by Gasteiger charge is 2.66. The summed E-state index contributed by atoms with van der Waals surface area (Å²) >= 11 is 0. The van der Waals surface area contributed by atoms with Gasteiger partial charge in [-0.1, -0.05) is 60.0 Å². The van der Waals surface area contributed by atoms with Crippen molar-refractivity contribution in [3.63, 3.8) is 0 Å². The Morgan fingerprint density at radius 3 is 2.47 bits per heavy atom. The van der Waals surface area contributed by atoms with E-state index in [1.165, 1.54) is 0 Å². The van der Waals surface area contributed by atoms with Crippen molar-refractivity contribution in [3.8, 4) is 0 Å². The van der Waals surface area contributed by atoms with Gasteiger partial charge in [0.05, 0.1) is 12.2 Å². The van der Waals surface area contributed by atoms with Crippen LogP contribution in [0.25, 0.3) is 0 Å². The van der Waals surface area contributed by atoms with Crippen molar-refractivity contribution in [1.29, 1.82) is 0 Å². The lowest BCUT2D eigenvalue weighted by Gasteiger charge is -2.59. The number of fused-ring (bicyclic) bond motifs is 5. The first kappa shape index (κ1) is 29.7. The van der Waals surface area contributed by atoms with Crippen LogP contribution >= 0.6 is 0 Å². The van der Waals surface area contributed by atoms with Gasteiger partial charge in [0.25, 0.3) is 0 Å². The van der Waals surface area contributed by atoms with E-state index in [9.17, 15) is 24.9 Å². The van der Waals surface area contributed by atoms with E-state index in [0.29, 0.717) is 37.5 Å². The Kier molecular flexibility index (Phi) is 8.86. The number of ether oxygens (including phenoxy) is 1. The number of hydrogen-bond acceptors (Lipinski definition) is 6. The predicted molar refractivity (Wildman–Crippen MR) is 147 cm³/mol. The molecule has 0 heterocycles. The molecule has 38 heavy (non-hydrogen) atoms. The van der Waals surface area contributed by atoms with Gasteiger partial charge in [-0.2, -0.15) is 0 Å². The molecule has 3 saturated carbocycles. The lowest BCUT2D eigenvalue weighted by molar-refractivity contribution is -0.164. The zero-order chi connectivity index (χ0) is 28.0. The van der Waals surface area contributed by atoms with Crippen LogP contribution in [0, 0.1) is 52.3 Å². The van der Waals surface area contributed by atoms with Crippen molar-refractivity contribution in [2.45, 2.75) is 118 Å². The number of carbonyl (C=O) groups is 2. The zero-order valence-electron chi connectivity index (χ0n) is 24.5. The number of ketones is 1. The molecule has 0 aliphatic heterocycles. The lowest BCUT2D eigenvalue weighted by Crippen LogP contribution is -2.60. The van der Waals surface area contributed by atoms with E-state index in [1.807, 2.05) is 0 Å². The van der Waals surface area contributed by atoms with Crippen LogP contribution in [0.15, 0.2) is 11.6 Å². The molecule has 4 rings (SSSR count). The van der Waals surface area contributed by atoms with Gasteiger partial charge in [-0.05, 0) is 72.7 Å². The fraction of sp³-hybridized carbons (Fsp3) is 0.875. The quantitative estimate of drug-likeness (QED) is 0.358. The second-order valence-electron chi connectivity index (χ2n) is 13.8. The molecule has 0 amide bonds. The van der Waals surface area contributed by atoms with Gasteiger partial charge < -0.3 is 20.1 Å². The SMILES string of the molecule is CCC(=O)OC1CCC2(C)C(=CC(=O)C3C2C(O)CC2(C)C(C(C)CCC(CC)C(C)CO)CC(O)C32)C1. The normalized spacial score (nSPS) is 42.8. The van der Waals surface area contributed by atoms with Crippen LogP contribution in [-0.4, -0.2) is 52.0 Å². The third kappa shape index (κ3) is 5.03. The van der Waals surface area contributed by atoms with Gasteiger partial charge in [-0.3, -0.25) is 9.59 Å². The molecule has 0 radical (unpaired) electrons. The molecule has 12 atom stereocenters. The van der Waals surface area contributed by atoms with Crippen LogP contribution < -0.4 is 0 Å². The van der Waals surface area contributed by atoms with Gasteiger partial charge in [0.15, 0.2) is 5.78 Å². The van der Waals surface area contributed by atoms with Crippen molar-refractivity contribution in [1.82, 2.24) is 0 Å². The number of esters is 1. The van der Waals surface area contributed by atoms with Crippen molar-refractivity contribution in [2.24, 2.45) is 52.3 Å². The topological polar surface area (TPSA) is 104 Å². The molecule has 6 heteroatoms. The number of allylic oxidation sites excluding steroid dienone is 1. The summed E-state index contributed by atoms with van der Waals surface area (Å²) < 4.78 is 5.64. The molecule has 4 aliphatic rings. The Balaban J connectivity index is 1.57. The average Bonchev–Trinajstić information content (AvgIpc) is 3.14. The summed E-state index contributed by atoms with van der Waals surface area (Å²) in [5, 5.41) is 32.9. The van der Waals surface area contributed by atoms with Crippen molar-refractivity contribution in [2.75, 3.05) is 6.61 Å². The van der Waals surface area contributed by atoms with Gasteiger partial charge >= 0.3 is 5.97 Å². The maximum atomic E-state index is 13.8. The Bertz CT molecular complexity index is 914. The number of hydrogen-bond donors (Lipinski definition) is 3. The maximum Gasteiger partial charge on any atom is 0.305 e. The summed E-state index contributed by atoms with van der Waals surface area (Å²) in [6.07, 6.45) is 7.24. The van der Waals surface area contributed by atoms with E-state index in [-0.39, 0.29) is 64.9 Å². The van der Waals surface area contributed by atoms with Gasteiger partial charge in [0.1, 0.15) is 6.10 Å². The molecule has 0 bridgehead atoms. The fourth-order valence-corrected chi connectivity index (χ4v) is 9.56. The number of aliphatic hydroxyl groups is 3. The molecule has 0 aromatic carbocycles. The number of aliphatic hydroxyl groups excluding tert-OH is 3. The van der Waals surface area contributed by atoms with E-state index in [0.717, 1.165) is 37.7 Å². The minimum absolute atomic E-state index is 0.0371. The monoisotopic (exact) mass is 532 g/mol. The average molecular weight is 533 g/mol. The molecule has 3 N–H and O–H groups in total. The Morgan fingerprint density at radius 2 is 1.84 bits per heavy atom. The van der Waals surface area contributed by atoms with E-state index >= 15 is 0 Å². The summed E-state index contributed by atoms with van der Waals surface area (Å²) in [6.45, 7) is 13.0. The minimum atomic E-state index is -0.605. The summed E-state index contributed by atoms with van der Waals surface area (Å²) in [6, 6.07) is 0. The largest absolute Gasteiger partial charge is 0.462 e. The van der Waals surface area contributed by atoms with Crippen LogP contribution in [0.5, 0.6) is 0 Å². The first-order valence-corrected chi connectivity index (χ1v) is 15.3. The molecule has 3 fully saturated rings. The van der Waals surface area contributed by atoms with Crippen LogP contribution in [0.1, 0.15) is 99.3 Å². The summed E-state index contributed by atoms with van der Waals surface area (Å²) in [5.74, 6) is 0.458. The van der Waals surface area contributed by atoms with E-state index in [1.54, 1.807) is 13.0 Å². The highest BCUT2D eigenvalue weighted by atomic mass is 16.5. The van der Waals surface area contributed by atoms with Gasteiger partial charge in [0, 0.05) is 37.2 Å². The molecular formula is C32H52O6. The van der Waals surface area contributed by atoms with Crippen LogP contribution in [0.4, 0.5) is 0 Å². The van der Waals surface area contributed by atoms with Crippen molar-refractivity contribution >= 4 is 11.8 Å². The van der Waals surface area contributed by atoms with Crippen LogP contribution in [-0.2, 0) is 14.3 Å². The first-order chi connectivity index (χ1) is 17.9. The Hall–Kier alpha value is -1.24. The van der Waals surface area contributed by atoms with Crippen molar-refractivity contribution in [3.05, 3.63) is 11.6 Å². The highest BCUT2D eigenvalue weighted by molar-refractivity contribution is 5.94. The van der Waals surface area contributed by atoms with Crippen LogP contribution in [0.2, 0.25) is 0 Å². The minimum Gasteiger partial charge on any atom is -0.462 e. The molecule has 216 valence electrons. The predicted octanol–water partition coefficient (Wildman–Crippen LogP) is 5.08.